The Bertz CT molecular complexity index is 357. The minimum atomic E-state index is -3.02. The molecular weight excluding hydrogens is 263 g/mol. The lowest BCUT2D eigenvalue weighted by atomic mass is 10.2. The van der Waals surface area contributed by atoms with Crippen LogP contribution >= 0.6 is 15.9 Å². The van der Waals surface area contributed by atoms with E-state index in [9.17, 15) is 18.0 Å². The van der Waals surface area contributed by atoms with Gasteiger partial charge in [0.25, 0.3) is 6.43 Å². The van der Waals surface area contributed by atoms with Gasteiger partial charge in [-0.15, -0.1) is 0 Å². The largest absolute Gasteiger partial charge is 0.296 e. The van der Waals surface area contributed by atoms with Crippen molar-refractivity contribution in [2.75, 3.05) is 0 Å². The molecule has 1 heterocycles. The molecule has 0 radical (unpaired) electrons. The monoisotopic (exact) mass is 267 g/mol. The van der Waals surface area contributed by atoms with Crippen LogP contribution in [-0.4, -0.2) is 11.3 Å². The van der Waals surface area contributed by atoms with Crippen LogP contribution in [0.1, 0.15) is 28.2 Å². The first-order valence-electron chi connectivity index (χ1n) is 3.58. The number of nitrogens with zero attached hydrogens (tertiary/aromatic N) is 1. The van der Waals surface area contributed by atoms with Gasteiger partial charge in [-0.1, -0.05) is 15.9 Å². The van der Waals surface area contributed by atoms with Crippen LogP contribution in [0.3, 0.4) is 0 Å². The Labute approximate surface area is 86.3 Å². The number of alkyl halides is 3. The van der Waals surface area contributed by atoms with Crippen LogP contribution < -0.4 is 0 Å². The van der Waals surface area contributed by atoms with Crippen molar-refractivity contribution in [3.8, 4) is 0 Å². The molecule has 0 amide bonds. The van der Waals surface area contributed by atoms with Crippen LogP contribution in [0.2, 0.25) is 0 Å². The van der Waals surface area contributed by atoms with Gasteiger partial charge in [-0.3, -0.25) is 4.79 Å². The molecule has 0 aliphatic carbocycles. The van der Waals surface area contributed by atoms with Crippen LogP contribution in [0.5, 0.6) is 0 Å². The van der Waals surface area contributed by atoms with Crippen LogP contribution in [0.15, 0.2) is 6.07 Å². The van der Waals surface area contributed by atoms with Gasteiger partial charge in [0.05, 0.1) is 0 Å². The first-order valence-corrected chi connectivity index (χ1v) is 4.71. The zero-order valence-electron chi connectivity index (χ0n) is 6.81. The summed E-state index contributed by atoms with van der Waals surface area (Å²) < 4.78 is 37.2. The van der Waals surface area contributed by atoms with Gasteiger partial charge in [-0.2, -0.15) is 0 Å². The average molecular weight is 268 g/mol. The molecule has 0 aromatic carbocycles. The Balaban J connectivity index is 3.30. The van der Waals surface area contributed by atoms with Crippen molar-refractivity contribution in [2.24, 2.45) is 0 Å². The van der Waals surface area contributed by atoms with E-state index in [0.29, 0.717) is 6.29 Å². The molecule has 0 spiro atoms. The maximum atomic E-state index is 12.9. The fourth-order valence-electron chi connectivity index (χ4n) is 0.918. The van der Waals surface area contributed by atoms with E-state index in [2.05, 4.69) is 20.9 Å². The molecule has 0 bridgehead atoms. The first kappa shape index (κ1) is 11.2. The van der Waals surface area contributed by atoms with E-state index >= 15 is 0 Å². The molecule has 0 N–H and O–H groups in total. The summed E-state index contributed by atoms with van der Waals surface area (Å²) >= 11 is 2.99. The number of carbonyl (C=O) groups excluding carboxylic acids is 1. The maximum Gasteiger partial charge on any atom is 0.283 e. The molecule has 0 unspecified atom stereocenters. The number of hydrogen-bond donors (Lipinski definition) is 0. The molecule has 6 heteroatoms. The molecule has 2 nitrogen and oxygen atoms in total. The third-order valence-electron chi connectivity index (χ3n) is 1.58. The van der Waals surface area contributed by atoms with Gasteiger partial charge in [-0.05, 0) is 11.6 Å². The van der Waals surface area contributed by atoms with Crippen molar-refractivity contribution < 1.29 is 18.0 Å². The second-order valence-corrected chi connectivity index (χ2v) is 3.01. The molecular formula is C8H5BrF3NO. The number of pyridine rings is 1. The van der Waals surface area contributed by atoms with Gasteiger partial charge in [0.1, 0.15) is 11.4 Å². The van der Waals surface area contributed by atoms with Gasteiger partial charge in [0.2, 0.25) is 0 Å². The van der Waals surface area contributed by atoms with E-state index in [1.807, 2.05) is 0 Å². The second kappa shape index (κ2) is 4.54. The predicted molar refractivity (Wildman–Crippen MR) is 47.2 cm³/mol. The van der Waals surface area contributed by atoms with Crippen molar-refractivity contribution in [1.29, 1.82) is 0 Å². The maximum absolute atomic E-state index is 12.9. The molecule has 0 aliphatic heterocycles. The summed E-state index contributed by atoms with van der Waals surface area (Å²) in [4.78, 5) is 13.7. The normalized spacial score (nSPS) is 10.6. The number of rotatable bonds is 3. The quantitative estimate of drug-likeness (QED) is 0.623. The second-order valence-electron chi connectivity index (χ2n) is 2.45. The highest BCUT2D eigenvalue weighted by Gasteiger charge is 2.18. The Morgan fingerprint density at radius 2 is 2.21 bits per heavy atom. The van der Waals surface area contributed by atoms with E-state index in [1.54, 1.807) is 0 Å². The summed E-state index contributed by atoms with van der Waals surface area (Å²) in [5, 5.41) is 0.189. The zero-order valence-corrected chi connectivity index (χ0v) is 8.39. The van der Waals surface area contributed by atoms with Crippen molar-refractivity contribution in [3.05, 3.63) is 28.8 Å². The lowest BCUT2D eigenvalue weighted by Gasteiger charge is -2.05. The molecule has 76 valence electrons. The molecule has 1 rings (SSSR count). The van der Waals surface area contributed by atoms with Gasteiger partial charge in [0.15, 0.2) is 12.1 Å². The first-order chi connectivity index (χ1) is 6.60. The molecule has 0 saturated carbocycles. The van der Waals surface area contributed by atoms with E-state index in [0.717, 1.165) is 6.07 Å². The van der Waals surface area contributed by atoms with Crippen molar-refractivity contribution in [1.82, 2.24) is 4.98 Å². The topological polar surface area (TPSA) is 30.0 Å². The number of carbonyl (C=O) groups is 1. The number of halogens is 4. The summed E-state index contributed by atoms with van der Waals surface area (Å²) in [6.45, 7) is 0. The van der Waals surface area contributed by atoms with Crippen molar-refractivity contribution >= 4 is 22.2 Å². The summed E-state index contributed by atoms with van der Waals surface area (Å²) in [7, 11) is 0. The van der Waals surface area contributed by atoms with Crippen LogP contribution in [-0.2, 0) is 5.33 Å². The van der Waals surface area contributed by atoms with Gasteiger partial charge < -0.3 is 0 Å². The van der Waals surface area contributed by atoms with E-state index in [1.165, 1.54) is 0 Å². The fraction of sp³-hybridized carbons (Fsp3) is 0.250. The Kier molecular flexibility index (Phi) is 3.62. The summed E-state index contributed by atoms with van der Waals surface area (Å²) in [6, 6.07) is 0.882. The van der Waals surface area contributed by atoms with E-state index in [4.69, 9.17) is 0 Å². The SMILES string of the molecule is O=Cc1nc(C(F)F)c(F)cc1CBr. The molecule has 0 fully saturated rings. The summed E-state index contributed by atoms with van der Waals surface area (Å²) in [5.74, 6) is -1.10. The predicted octanol–water partition coefficient (Wildman–Crippen LogP) is 2.87. The number of hydrogen-bond acceptors (Lipinski definition) is 2. The minimum absolute atomic E-state index is 0.168. The smallest absolute Gasteiger partial charge is 0.283 e. The number of aromatic nitrogens is 1. The molecule has 1 aromatic heterocycles. The lowest BCUT2D eigenvalue weighted by molar-refractivity contribution is 0.111. The third kappa shape index (κ3) is 2.12. The fourth-order valence-corrected chi connectivity index (χ4v) is 1.37. The Morgan fingerprint density at radius 3 is 2.64 bits per heavy atom. The molecule has 1 aromatic rings. The summed E-state index contributed by atoms with van der Waals surface area (Å²) in [6.07, 6.45) is -2.69. The highest BCUT2D eigenvalue weighted by molar-refractivity contribution is 9.08. The standard InChI is InChI=1S/C8H5BrF3NO/c9-2-4-1-5(10)7(8(11)12)13-6(4)3-14/h1,3,8H,2H2. The molecule has 0 aliphatic rings. The van der Waals surface area contributed by atoms with Crippen molar-refractivity contribution in [2.45, 2.75) is 11.8 Å². The highest BCUT2D eigenvalue weighted by Crippen LogP contribution is 2.22. The number of aldehydes is 1. The average Bonchev–Trinajstić information content (AvgIpc) is 2.16. The van der Waals surface area contributed by atoms with Crippen LogP contribution in [0.25, 0.3) is 0 Å². The minimum Gasteiger partial charge on any atom is -0.296 e. The van der Waals surface area contributed by atoms with E-state index in [-0.39, 0.29) is 16.6 Å². The molecule has 14 heavy (non-hydrogen) atoms. The van der Waals surface area contributed by atoms with Gasteiger partial charge in [-0.25, -0.2) is 18.2 Å². The highest BCUT2D eigenvalue weighted by atomic mass is 79.9. The Hall–Kier alpha value is -0.910. The van der Waals surface area contributed by atoms with Crippen molar-refractivity contribution in [3.63, 3.8) is 0 Å². The Morgan fingerprint density at radius 1 is 1.57 bits per heavy atom. The van der Waals surface area contributed by atoms with Gasteiger partial charge in [0, 0.05) is 5.33 Å². The zero-order chi connectivity index (χ0) is 10.7. The molecule has 0 saturated heterocycles. The van der Waals surface area contributed by atoms with Crippen LogP contribution in [0, 0.1) is 5.82 Å². The lowest BCUT2D eigenvalue weighted by Crippen LogP contribution is -2.03. The summed E-state index contributed by atoms with van der Waals surface area (Å²) in [5.41, 5.74) is -0.905. The van der Waals surface area contributed by atoms with Gasteiger partial charge >= 0.3 is 0 Å². The molecule has 0 atom stereocenters. The van der Waals surface area contributed by atoms with E-state index < -0.39 is 17.9 Å². The third-order valence-corrected chi connectivity index (χ3v) is 2.18. The van der Waals surface area contributed by atoms with Crippen LogP contribution in [0.4, 0.5) is 13.2 Å².